The predicted octanol–water partition coefficient (Wildman–Crippen LogP) is 2.61. The molecule has 0 fully saturated rings. The first-order chi connectivity index (χ1) is 14.3. The highest BCUT2D eigenvalue weighted by Crippen LogP contribution is 2.25. The summed E-state index contributed by atoms with van der Waals surface area (Å²) in [4.78, 5) is 12.7. The number of sulfonamides is 1. The van der Waals surface area contributed by atoms with Crippen LogP contribution in [0.4, 0.5) is 11.4 Å². The van der Waals surface area contributed by atoms with E-state index in [1.807, 2.05) is 0 Å². The zero-order valence-electron chi connectivity index (χ0n) is 15.5. The first-order valence-corrected chi connectivity index (χ1v) is 10.3. The van der Waals surface area contributed by atoms with Crippen LogP contribution in [0.3, 0.4) is 0 Å². The maximum atomic E-state index is 12.7. The topological polar surface area (TPSA) is 146 Å². The summed E-state index contributed by atoms with van der Waals surface area (Å²) in [6.45, 7) is 0. The van der Waals surface area contributed by atoms with Gasteiger partial charge in [-0.05, 0) is 60.7 Å². The van der Waals surface area contributed by atoms with Crippen molar-refractivity contribution in [2.24, 2.45) is 5.14 Å². The second-order valence-corrected chi connectivity index (χ2v) is 7.98. The molecule has 2 heterocycles. The van der Waals surface area contributed by atoms with Crippen LogP contribution in [0, 0.1) is 0 Å². The average molecular weight is 423 g/mol. The third-order valence-corrected chi connectivity index (χ3v) is 5.22. The van der Waals surface area contributed by atoms with Crippen molar-refractivity contribution >= 4 is 27.3 Å². The van der Waals surface area contributed by atoms with E-state index in [2.05, 4.69) is 10.4 Å². The number of nitrogens with one attached hydrogen (secondary N) is 1. The number of nitrogen functional groups attached to an aromatic ring is 1. The molecule has 0 radical (unpaired) electrons. The number of hydrogen-bond acceptors (Lipinski definition) is 6. The summed E-state index contributed by atoms with van der Waals surface area (Å²) >= 11 is 0. The molecule has 0 aliphatic carbocycles. The number of aromatic nitrogens is 2. The first-order valence-electron chi connectivity index (χ1n) is 8.75. The number of nitrogens with two attached hydrogens (primary N) is 2. The summed E-state index contributed by atoms with van der Waals surface area (Å²) in [5.74, 6) is 0.0660. The summed E-state index contributed by atoms with van der Waals surface area (Å²) in [7, 11) is -3.81. The Labute approximate surface area is 172 Å². The van der Waals surface area contributed by atoms with Crippen molar-refractivity contribution in [2.45, 2.75) is 4.90 Å². The van der Waals surface area contributed by atoms with E-state index >= 15 is 0 Å². The Hall–Kier alpha value is -3.89. The van der Waals surface area contributed by atoms with E-state index in [1.54, 1.807) is 47.1 Å². The fraction of sp³-hybridized carbons (Fsp3) is 0. The largest absolute Gasteiger partial charge is 0.463 e. The molecule has 5 N–H and O–H groups in total. The van der Waals surface area contributed by atoms with Crippen LogP contribution < -0.4 is 16.2 Å². The number of benzene rings is 2. The lowest BCUT2D eigenvalue weighted by atomic mass is 10.2. The van der Waals surface area contributed by atoms with Crippen LogP contribution in [0.1, 0.15) is 10.5 Å². The summed E-state index contributed by atoms with van der Waals surface area (Å²) < 4.78 is 29.8. The van der Waals surface area contributed by atoms with Crippen LogP contribution in [-0.4, -0.2) is 24.1 Å². The second-order valence-electron chi connectivity index (χ2n) is 6.42. The van der Waals surface area contributed by atoms with Crippen LogP contribution >= 0.6 is 0 Å². The Morgan fingerprint density at radius 3 is 2.33 bits per heavy atom. The van der Waals surface area contributed by atoms with E-state index < -0.39 is 15.9 Å². The van der Waals surface area contributed by atoms with Gasteiger partial charge in [0, 0.05) is 17.4 Å². The predicted molar refractivity (Wildman–Crippen MR) is 111 cm³/mol. The van der Waals surface area contributed by atoms with Crippen molar-refractivity contribution < 1.29 is 17.6 Å². The fourth-order valence-electron chi connectivity index (χ4n) is 2.83. The van der Waals surface area contributed by atoms with Crippen LogP contribution in [0.2, 0.25) is 0 Å². The van der Waals surface area contributed by atoms with Crippen molar-refractivity contribution in [2.75, 3.05) is 11.1 Å². The number of anilines is 2. The van der Waals surface area contributed by atoms with Crippen molar-refractivity contribution in [1.29, 1.82) is 0 Å². The second kappa shape index (κ2) is 7.50. The Bertz CT molecular complexity index is 1290. The molecule has 0 saturated heterocycles. The van der Waals surface area contributed by atoms with Crippen molar-refractivity contribution in [3.63, 3.8) is 0 Å². The number of amides is 1. The summed E-state index contributed by atoms with van der Waals surface area (Å²) in [5.41, 5.74) is 8.19. The molecule has 30 heavy (non-hydrogen) atoms. The highest BCUT2D eigenvalue weighted by molar-refractivity contribution is 7.89. The molecule has 0 bridgehead atoms. The van der Waals surface area contributed by atoms with E-state index in [1.165, 1.54) is 30.5 Å². The number of primary sulfonamides is 1. The smallest absolute Gasteiger partial charge is 0.276 e. The molecular formula is C20H17N5O4S. The number of hydrogen-bond donors (Lipinski definition) is 3. The molecule has 9 nitrogen and oxygen atoms in total. The minimum absolute atomic E-state index is 0.0479. The van der Waals surface area contributed by atoms with Gasteiger partial charge in [0.25, 0.3) is 5.91 Å². The Morgan fingerprint density at radius 1 is 1.03 bits per heavy atom. The lowest BCUT2D eigenvalue weighted by molar-refractivity contribution is 0.102. The van der Waals surface area contributed by atoms with Crippen molar-refractivity contribution in [1.82, 2.24) is 9.78 Å². The average Bonchev–Trinajstić information content (AvgIpc) is 3.38. The van der Waals surface area contributed by atoms with Gasteiger partial charge in [-0.1, -0.05) is 0 Å². The minimum Gasteiger partial charge on any atom is -0.463 e. The number of nitrogens with zero attached hydrogens (tertiary/aromatic N) is 2. The number of carbonyl (C=O) groups excluding carboxylic acids is 1. The standard InChI is InChI=1S/C20H17N5O4S/c21-13-3-7-15(8-4-13)25-18(19-2-1-11-29-19)12-17(24-25)20(26)23-14-5-9-16(10-6-14)30(22,27)28/h1-12H,21H2,(H,23,26)(H2,22,27,28). The molecule has 152 valence electrons. The normalized spacial score (nSPS) is 11.4. The zero-order chi connectivity index (χ0) is 21.3. The first kappa shape index (κ1) is 19.4. The van der Waals surface area contributed by atoms with Gasteiger partial charge in [-0.25, -0.2) is 18.2 Å². The van der Waals surface area contributed by atoms with Gasteiger partial charge in [0.2, 0.25) is 10.0 Å². The summed E-state index contributed by atoms with van der Waals surface area (Å²) in [6.07, 6.45) is 1.53. The van der Waals surface area contributed by atoms with Crippen LogP contribution in [-0.2, 0) is 10.0 Å². The fourth-order valence-corrected chi connectivity index (χ4v) is 3.34. The molecule has 0 aliphatic rings. The molecule has 0 saturated carbocycles. The molecule has 0 unspecified atom stereocenters. The highest BCUT2D eigenvalue weighted by Gasteiger charge is 2.19. The third kappa shape index (κ3) is 3.95. The van der Waals surface area contributed by atoms with Crippen molar-refractivity contribution in [3.05, 3.63) is 78.7 Å². The molecule has 1 amide bonds. The van der Waals surface area contributed by atoms with Gasteiger partial charge in [-0.2, -0.15) is 5.10 Å². The molecule has 2 aromatic heterocycles. The van der Waals surface area contributed by atoms with Crippen LogP contribution in [0.25, 0.3) is 17.1 Å². The SMILES string of the molecule is Nc1ccc(-n2nc(C(=O)Nc3ccc(S(N)(=O)=O)cc3)cc2-c2ccco2)cc1. The minimum atomic E-state index is -3.81. The van der Waals surface area contributed by atoms with E-state index in [0.717, 1.165) is 0 Å². The molecule has 0 aliphatic heterocycles. The van der Waals surface area contributed by atoms with Gasteiger partial charge in [0.05, 0.1) is 16.8 Å². The molecule has 4 aromatic rings. The van der Waals surface area contributed by atoms with Crippen molar-refractivity contribution in [3.8, 4) is 17.1 Å². The van der Waals surface area contributed by atoms with Gasteiger partial charge < -0.3 is 15.5 Å². The van der Waals surface area contributed by atoms with E-state index in [4.69, 9.17) is 15.3 Å². The highest BCUT2D eigenvalue weighted by atomic mass is 32.2. The van der Waals surface area contributed by atoms with Gasteiger partial charge >= 0.3 is 0 Å². The van der Waals surface area contributed by atoms with E-state index in [9.17, 15) is 13.2 Å². The van der Waals surface area contributed by atoms with E-state index in [0.29, 0.717) is 28.5 Å². The quantitative estimate of drug-likeness (QED) is 0.421. The Kier molecular flexibility index (Phi) is 4.86. The van der Waals surface area contributed by atoms with Gasteiger partial charge in [0.15, 0.2) is 11.5 Å². The third-order valence-electron chi connectivity index (χ3n) is 4.29. The van der Waals surface area contributed by atoms with E-state index in [-0.39, 0.29) is 10.6 Å². The van der Waals surface area contributed by atoms with Gasteiger partial charge in [0.1, 0.15) is 5.69 Å². The van der Waals surface area contributed by atoms with Crippen LogP contribution in [0.5, 0.6) is 0 Å². The van der Waals surface area contributed by atoms with Crippen LogP contribution in [0.15, 0.2) is 82.3 Å². The summed E-state index contributed by atoms with van der Waals surface area (Å²) in [5, 5.41) is 12.2. The summed E-state index contributed by atoms with van der Waals surface area (Å²) in [6, 6.07) is 17.6. The zero-order valence-corrected chi connectivity index (χ0v) is 16.3. The maximum absolute atomic E-state index is 12.7. The molecular weight excluding hydrogens is 406 g/mol. The lowest BCUT2D eigenvalue weighted by Gasteiger charge is -2.06. The number of carbonyl (C=O) groups is 1. The number of furan rings is 1. The lowest BCUT2D eigenvalue weighted by Crippen LogP contribution is -2.14. The van der Waals surface area contributed by atoms with Gasteiger partial charge in [-0.15, -0.1) is 0 Å². The maximum Gasteiger partial charge on any atom is 0.276 e. The molecule has 2 aromatic carbocycles. The molecule has 0 atom stereocenters. The molecule has 0 spiro atoms. The Balaban J connectivity index is 1.66. The molecule has 4 rings (SSSR count). The van der Waals surface area contributed by atoms with Gasteiger partial charge in [-0.3, -0.25) is 4.79 Å². The number of rotatable bonds is 5. The monoisotopic (exact) mass is 423 g/mol. The Morgan fingerprint density at radius 2 is 1.73 bits per heavy atom. The molecule has 10 heteroatoms.